The molecule has 3 aliphatic carbocycles. The van der Waals surface area contributed by atoms with Crippen LogP contribution in [0.4, 0.5) is 0 Å². The zero-order valence-electron chi connectivity index (χ0n) is 21.1. The zero-order chi connectivity index (χ0) is 25.9. The molecule has 1 saturated heterocycles. The van der Waals surface area contributed by atoms with Gasteiger partial charge in [0.2, 0.25) is 0 Å². The summed E-state index contributed by atoms with van der Waals surface area (Å²) in [5.41, 5.74) is -0.0964. The molecule has 0 bridgehead atoms. The van der Waals surface area contributed by atoms with E-state index in [1.54, 1.807) is 0 Å². The number of carbonyl (C=O) groups excluding carboxylic acids is 1. The SMILES string of the molecule is CC1(C)C(=O)[C@@H](O)C[C@@]2(C)[C@@H]3CC[C@](C)([C@@H](O)CO[C@@H]4O[C@H](CO)[C@@H](O)[C@H](O)[C@H]4O)C=C3CC[C@H]12. The third-order valence-corrected chi connectivity index (χ3v) is 9.72. The molecule has 0 unspecified atom stereocenters. The Hall–Kier alpha value is -0.910. The second-order valence-electron chi connectivity index (χ2n) is 12.3. The van der Waals surface area contributed by atoms with Gasteiger partial charge in [-0.3, -0.25) is 4.79 Å². The Morgan fingerprint density at radius 2 is 1.77 bits per heavy atom. The number of aliphatic hydroxyl groups is 6. The number of hydrogen-bond donors (Lipinski definition) is 6. The van der Waals surface area contributed by atoms with E-state index in [2.05, 4.69) is 13.0 Å². The third-order valence-electron chi connectivity index (χ3n) is 9.72. The molecule has 3 fully saturated rings. The van der Waals surface area contributed by atoms with Gasteiger partial charge in [-0.05, 0) is 49.4 Å². The van der Waals surface area contributed by atoms with E-state index in [-0.39, 0.29) is 29.6 Å². The number of allylic oxidation sites excluding steroid dienone is 1. The van der Waals surface area contributed by atoms with Crippen molar-refractivity contribution < 1.29 is 44.9 Å². The van der Waals surface area contributed by atoms with Gasteiger partial charge in [0.1, 0.15) is 30.5 Å². The van der Waals surface area contributed by atoms with Crippen molar-refractivity contribution in [3.05, 3.63) is 11.6 Å². The molecule has 1 heterocycles. The Morgan fingerprint density at radius 3 is 2.43 bits per heavy atom. The van der Waals surface area contributed by atoms with Crippen molar-refractivity contribution in [3.63, 3.8) is 0 Å². The van der Waals surface area contributed by atoms with Crippen LogP contribution in [-0.2, 0) is 14.3 Å². The Kier molecular flexibility index (Phi) is 7.32. The molecule has 4 rings (SSSR count). The standard InChI is InChI=1S/C26H42O9/c1-24(2)17-6-5-13-9-25(3,8-7-14(13)26(17,4)10-15(28)22(24)33)18(29)12-34-23-21(32)20(31)19(30)16(11-27)35-23/h9,14-21,23,27-32H,5-8,10-12H2,1-4H3/t14-,15+,16-,17-,18+,19-,20+,21-,23-,25+,26+/m1/s1. The smallest absolute Gasteiger partial charge is 0.186 e. The van der Waals surface area contributed by atoms with Crippen LogP contribution in [0.25, 0.3) is 0 Å². The van der Waals surface area contributed by atoms with Crippen LogP contribution >= 0.6 is 0 Å². The summed E-state index contributed by atoms with van der Waals surface area (Å²) in [6.45, 7) is 7.39. The van der Waals surface area contributed by atoms with Crippen LogP contribution in [0, 0.1) is 28.1 Å². The van der Waals surface area contributed by atoms with Gasteiger partial charge < -0.3 is 40.1 Å². The average molecular weight is 499 g/mol. The molecule has 0 aromatic rings. The number of carbonyl (C=O) groups is 1. The van der Waals surface area contributed by atoms with Gasteiger partial charge in [-0.15, -0.1) is 0 Å². The molecule has 9 heteroatoms. The zero-order valence-corrected chi connectivity index (χ0v) is 21.1. The van der Waals surface area contributed by atoms with E-state index in [4.69, 9.17) is 9.47 Å². The van der Waals surface area contributed by atoms with E-state index in [1.807, 2.05) is 20.8 Å². The quantitative estimate of drug-likeness (QED) is 0.293. The highest BCUT2D eigenvalue weighted by molar-refractivity contribution is 5.89. The summed E-state index contributed by atoms with van der Waals surface area (Å²) in [4.78, 5) is 12.7. The van der Waals surface area contributed by atoms with Gasteiger partial charge >= 0.3 is 0 Å². The van der Waals surface area contributed by atoms with E-state index in [0.29, 0.717) is 12.8 Å². The number of hydrogen-bond acceptors (Lipinski definition) is 9. The summed E-state index contributed by atoms with van der Waals surface area (Å²) in [6.07, 6.45) is -2.92. The maximum absolute atomic E-state index is 12.7. The molecule has 6 N–H and O–H groups in total. The van der Waals surface area contributed by atoms with Crippen molar-refractivity contribution >= 4 is 5.78 Å². The van der Waals surface area contributed by atoms with Gasteiger partial charge in [0.05, 0.1) is 19.3 Å². The van der Waals surface area contributed by atoms with Gasteiger partial charge in [-0.2, -0.15) is 0 Å². The fourth-order valence-corrected chi connectivity index (χ4v) is 7.54. The lowest BCUT2D eigenvalue weighted by Crippen LogP contribution is -2.59. The maximum atomic E-state index is 12.7. The number of rotatable bonds is 5. The predicted molar refractivity (Wildman–Crippen MR) is 125 cm³/mol. The van der Waals surface area contributed by atoms with Crippen LogP contribution in [0.5, 0.6) is 0 Å². The highest BCUT2D eigenvalue weighted by Gasteiger charge is 2.60. The number of aliphatic hydroxyl groups excluding tert-OH is 6. The summed E-state index contributed by atoms with van der Waals surface area (Å²) < 4.78 is 11.0. The predicted octanol–water partition coefficient (Wildman–Crippen LogP) is 0.283. The van der Waals surface area contributed by atoms with Gasteiger partial charge in [-0.25, -0.2) is 0 Å². The molecule has 200 valence electrons. The average Bonchev–Trinajstić information content (AvgIpc) is 2.80. The van der Waals surface area contributed by atoms with Gasteiger partial charge in [0, 0.05) is 10.8 Å². The van der Waals surface area contributed by atoms with Gasteiger partial charge in [0.15, 0.2) is 12.1 Å². The van der Waals surface area contributed by atoms with Gasteiger partial charge in [-0.1, -0.05) is 39.3 Å². The fraction of sp³-hybridized carbons (Fsp3) is 0.885. The Bertz CT molecular complexity index is 841. The lowest BCUT2D eigenvalue weighted by Gasteiger charge is -2.59. The molecule has 1 aliphatic heterocycles. The lowest BCUT2D eigenvalue weighted by atomic mass is 9.44. The van der Waals surface area contributed by atoms with E-state index < -0.39 is 60.4 Å². The Labute approximate surface area is 206 Å². The van der Waals surface area contributed by atoms with Crippen molar-refractivity contribution in [2.24, 2.45) is 28.1 Å². The van der Waals surface area contributed by atoms with Crippen molar-refractivity contribution in [2.45, 2.75) is 103 Å². The van der Waals surface area contributed by atoms with Crippen LogP contribution in [0.2, 0.25) is 0 Å². The van der Waals surface area contributed by atoms with Crippen LogP contribution in [-0.4, -0.2) is 92.5 Å². The number of fused-ring (bicyclic) bond motifs is 3. The molecular weight excluding hydrogens is 456 g/mol. The molecule has 0 aromatic heterocycles. The molecule has 4 aliphatic rings. The Morgan fingerprint density at radius 1 is 1.09 bits per heavy atom. The summed E-state index contributed by atoms with van der Waals surface area (Å²) in [5.74, 6) is 0.362. The second-order valence-corrected chi connectivity index (χ2v) is 12.3. The first kappa shape index (κ1) is 27.1. The van der Waals surface area contributed by atoms with E-state index in [9.17, 15) is 35.4 Å². The van der Waals surface area contributed by atoms with Crippen molar-refractivity contribution in [3.8, 4) is 0 Å². The molecule has 2 saturated carbocycles. The largest absolute Gasteiger partial charge is 0.394 e. The summed E-state index contributed by atoms with van der Waals surface area (Å²) in [7, 11) is 0. The first-order valence-electron chi connectivity index (χ1n) is 12.8. The highest BCUT2D eigenvalue weighted by atomic mass is 16.7. The van der Waals surface area contributed by atoms with Crippen molar-refractivity contribution in [1.82, 2.24) is 0 Å². The number of ketones is 1. The summed E-state index contributed by atoms with van der Waals surface area (Å²) >= 11 is 0. The van der Waals surface area contributed by atoms with Crippen molar-refractivity contribution in [2.75, 3.05) is 13.2 Å². The van der Waals surface area contributed by atoms with E-state index in [1.165, 1.54) is 5.57 Å². The maximum Gasteiger partial charge on any atom is 0.186 e. The van der Waals surface area contributed by atoms with Crippen LogP contribution < -0.4 is 0 Å². The summed E-state index contributed by atoms with van der Waals surface area (Å²) in [5, 5.41) is 61.1. The highest BCUT2D eigenvalue weighted by Crippen LogP contribution is 2.63. The monoisotopic (exact) mass is 498 g/mol. The molecule has 11 atom stereocenters. The Balaban J connectivity index is 1.47. The minimum Gasteiger partial charge on any atom is -0.394 e. The first-order chi connectivity index (χ1) is 16.3. The fourth-order valence-electron chi connectivity index (χ4n) is 7.54. The molecule has 0 amide bonds. The van der Waals surface area contributed by atoms with Gasteiger partial charge in [0.25, 0.3) is 0 Å². The van der Waals surface area contributed by atoms with Crippen LogP contribution in [0.1, 0.15) is 59.8 Å². The minimum atomic E-state index is -1.53. The molecule has 0 aromatic carbocycles. The normalized spacial score (nSPS) is 48.5. The second kappa shape index (κ2) is 9.44. The van der Waals surface area contributed by atoms with E-state index >= 15 is 0 Å². The topological polar surface area (TPSA) is 157 Å². The first-order valence-corrected chi connectivity index (χ1v) is 12.8. The lowest BCUT2D eigenvalue weighted by molar-refractivity contribution is -0.306. The van der Waals surface area contributed by atoms with Crippen LogP contribution in [0.3, 0.4) is 0 Å². The molecule has 0 radical (unpaired) electrons. The molecule has 35 heavy (non-hydrogen) atoms. The summed E-state index contributed by atoms with van der Waals surface area (Å²) in [6, 6.07) is 0. The number of ether oxygens (including phenoxy) is 2. The molecular formula is C26H42O9. The third kappa shape index (κ3) is 4.42. The minimum absolute atomic E-state index is 0.0613. The molecule has 0 spiro atoms. The molecule has 9 nitrogen and oxygen atoms in total. The van der Waals surface area contributed by atoms with E-state index in [0.717, 1.165) is 19.3 Å². The van der Waals surface area contributed by atoms with Crippen LogP contribution in [0.15, 0.2) is 11.6 Å². The van der Waals surface area contributed by atoms with Crippen molar-refractivity contribution in [1.29, 1.82) is 0 Å². The number of Topliss-reactive ketones (excluding diaryl/α,β-unsaturated/α-hetero) is 1.